The molecule has 42 heavy (non-hydrogen) atoms. The van der Waals surface area contributed by atoms with Crippen molar-refractivity contribution < 1.29 is 0 Å². The molecule has 0 amide bonds. The van der Waals surface area contributed by atoms with Crippen LogP contribution in [0, 0.1) is 0 Å². The summed E-state index contributed by atoms with van der Waals surface area (Å²) in [5, 5.41) is 3.62. The van der Waals surface area contributed by atoms with Crippen molar-refractivity contribution in [3.8, 4) is 22.8 Å². The van der Waals surface area contributed by atoms with Crippen LogP contribution in [0.3, 0.4) is 0 Å². The van der Waals surface area contributed by atoms with Crippen LogP contribution < -0.4 is 10.7 Å². The predicted octanol–water partition coefficient (Wildman–Crippen LogP) is 8.72. The van der Waals surface area contributed by atoms with Gasteiger partial charge >= 0.3 is 0 Å². The number of hydrogen-bond acceptors (Lipinski definition) is 4. The van der Waals surface area contributed by atoms with E-state index in [1.54, 1.807) is 0 Å². The molecule has 5 aromatic carbocycles. The van der Waals surface area contributed by atoms with Crippen molar-refractivity contribution in [1.29, 1.82) is 0 Å². The van der Waals surface area contributed by atoms with Crippen LogP contribution in [0.1, 0.15) is 37.1 Å². The van der Waals surface area contributed by atoms with E-state index in [4.69, 9.17) is 9.97 Å². The Bertz CT molecular complexity index is 1970. The van der Waals surface area contributed by atoms with Gasteiger partial charge in [0.1, 0.15) is 5.82 Å². The maximum Gasteiger partial charge on any atom is 0.160 e. The summed E-state index contributed by atoms with van der Waals surface area (Å²) >= 11 is 0. The second-order valence-electron chi connectivity index (χ2n) is 10.7. The minimum atomic E-state index is 0.0742. The standard InChI is InChI=1S/C36H32N6/c1-24(26-13-5-3-6-14-26)37-28-21-22-31-33(23-28)39-35(38-31)29-17-9-10-18-30(29)36-40-32-19-11-12-20-34(32)42(36)41-25(2)27-15-7-4-8-16-27/h3-25,37,41H,1-2H3,(H,38,39). The van der Waals surface area contributed by atoms with Crippen LogP contribution in [0.4, 0.5) is 5.69 Å². The van der Waals surface area contributed by atoms with E-state index in [1.807, 2.05) is 24.3 Å². The molecule has 0 saturated heterocycles. The van der Waals surface area contributed by atoms with Gasteiger partial charge in [0.25, 0.3) is 0 Å². The lowest BCUT2D eigenvalue weighted by molar-refractivity contribution is 0.743. The number of anilines is 1. The minimum Gasteiger partial charge on any atom is -0.378 e. The fourth-order valence-electron chi connectivity index (χ4n) is 5.53. The van der Waals surface area contributed by atoms with E-state index >= 15 is 0 Å². The van der Waals surface area contributed by atoms with Gasteiger partial charge in [0, 0.05) is 22.9 Å². The molecule has 0 aliphatic heterocycles. The van der Waals surface area contributed by atoms with Gasteiger partial charge in [-0.2, -0.15) is 0 Å². The van der Waals surface area contributed by atoms with Gasteiger partial charge in [0.05, 0.1) is 28.1 Å². The van der Waals surface area contributed by atoms with E-state index in [9.17, 15) is 0 Å². The van der Waals surface area contributed by atoms with Crippen LogP contribution >= 0.6 is 0 Å². The van der Waals surface area contributed by atoms with Crippen LogP contribution in [0.25, 0.3) is 44.8 Å². The Labute approximate surface area is 245 Å². The maximum absolute atomic E-state index is 5.09. The zero-order chi connectivity index (χ0) is 28.5. The van der Waals surface area contributed by atoms with Gasteiger partial charge in [-0.1, -0.05) is 97.1 Å². The summed E-state index contributed by atoms with van der Waals surface area (Å²) in [6.07, 6.45) is 0. The van der Waals surface area contributed by atoms with E-state index in [0.29, 0.717) is 0 Å². The molecule has 0 bridgehead atoms. The Morgan fingerprint density at radius 2 is 1.26 bits per heavy atom. The van der Waals surface area contributed by atoms with Gasteiger partial charge in [-0.25, -0.2) is 14.6 Å². The molecule has 0 fully saturated rings. The van der Waals surface area contributed by atoms with Gasteiger partial charge in [-0.15, -0.1) is 0 Å². The number of para-hydroxylation sites is 2. The molecule has 7 aromatic rings. The lowest BCUT2D eigenvalue weighted by Crippen LogP contribution is -2.19. The van der Waals surface area contributed by atoms with E-state index in [1.165, 1.54) is 11.1 Å². The normalized spacial score (nSPS) is 12.8. The Morgan fingerprint density at radius 3 is 2.02 bits per heavy atom. The van der Waals surface area contributed by atoms with Crippen LogP contribution in [0.2, 0.25) is 0 Å². The highest BCUT2D eigenvalue weighted by molar-refractivity contribution is 5.89. The van der Waals surface area contributed by atoms with Gasteiger partial charge < -0.3 is 15.7 Å². The average Bonchev–Trinajstić information content (AvgIpc) is 3.63. The number of nitrogens with one attached hydrogen (secondary N) is 3. The minimum absolute atomic E-state index is 0.0742. The van der Waals surface area contributed by atoms with Crippen LogP contribution in [0.5, 0.6) is 0 Å². The highest BCUT2D eigenvalue weighted by Gasteiger charge is 2.20. The molecule has 0 radical (unpaired) electrons. The third-order valence-corrected chi connectivity index (χ3v) is 7.77. The number of nitrogens with zero attached hydrogens (tertiary/aromatic N) is 3. The third-order valence-electron chi connectivity index (χ3n) is 7.77. The molecule has 3 N–H and O–H groups in total. The van der Waals surface area contributed by atoms with Crippen molar-refractivity contribution >= 4 is 27.8 Å². The lowest BCUT2D eigenvalue weighted by atomic mass is 10.1. The smallest absolute Gasteiger partial charge is 0.160 e. The Balaban J connectivity index is 1.27. The molecule has 206 valence electrons. The molecule has 2 aromatic heterocycles. The zero-order valence-electron chi connectivity index (χ0n) is 23.6. The molecule has 6 heteroatoms. The first-order valence-corrected chi connectivity index (χ1v) is 14.3. The van der Waals surface area contributed by atoms with Crippen molar-refractivity contribution in [3.63, 3.8) is 0 Å². The summed E-state index contributed by atoms with van der Waals surface area (Å²) < 4.78 is 2.11. The number of rotatable bonds is 8. The summed E-state index contributed by atoms with van der Waals surface area (Å²) in [4.78, 5) is 13.7. The highest BCUT2D eigenvalue weighted by atomic mass is 15.4. The monoisotopic (exact) mass is 548 g/mol. The second-order valence-corrected chi connectivity index (χ2v) is 10.7. The Morgan fingerprint density at radius 1 is 0.619 bits per heavy atom. The summed E-state index contributed by atoms with van der Waals surface area (Å²) in [5.41, 5.74) is 13.0. The van der Waals surface area contributed by atoms with Gasteiger partial charge in [0.2, 0.25) is 0 Å². The predicted molar refractivity (Wildman–Crippen MR) is 173 cm³/mol. The molecule has 0 saturated carbocycles. The lowest BCUT2D eigenvalue weighted by Gasteiger charge is -2.20. The highest BCUT2D eigenvalue weighted by Crippen LogP contribution is 2.34. The zero-order valence-corrected chi connectivity index (χ0v) is 23.6. The summed E-state index contributed by atoms with van der Waals surface area (Å²) in [7, 11) is 0. The van der Waals surface area contributed by atoms with E-state index in [2.05, 4.69) is 137 Å². The molecule has 2 atom stereocenters. The molecule has 7 rings (SSSR count). The number of aromatic amines is 1. The third kappa shape index (κ3) is 4.88. The molecule has 2 heterocycles. The molecule has 0 aliphatic carbocycles. The number of aromatic nitrogens is 4. The topological polar surface area (TPSA) is 70.6 Å². The van der Waals surface area contributed by atoms with Crippen LogP contribution in [-0.4, -0.2) is 19.6 Å². The van der Waals surface area contributed by atoms with Crippen molar-refractivity contribution in [2.75, 3.05) is 10.7 Å². The SMILES string of the molecule is CC(Nc1ccc2[nH]c(-c3ccccc3-c3nc4ccccc4n3NC(C)c3ccccc3)nc2c1)c1ccccc1. The van der Waals surface area contributed by atoms with Crippen molar-refractivity contribution in [1.82, 2.24) is 19.6 Å². The summed E-state index contributed by atoms with van der Waals surface area (Å²) in [5.74, 6) is 1.65. The molecule has 2 unspecified atom stereocenters. The second kappa shape index (κ2) is 10.9. The first-order valence-electron chi connectivity index (χ1n) is 14.3. The van der Waals surface area contributed by atoms with Gasteiger partial charge in [-0.05, 0) is 55.3 Å². The first kappa shape index (κ1) is 25.6. The van der Waals surface area contributed by atoms with E-state index in [-0.39, 0.29) is 12.1 Å². The van der Waals surface area contributed by atoms with E-state index in [0.717, 1.165) is 50.5 Å². The molecule has 0 aliphatic rings. The van der Waals surface area contributed by atoms with Crippen LogP contribution in [0.15, 0.2) is 127 Å². The molecule has 0 spiro atoms. The molecular weight excluding hydrogens is 516 g/mol. The van der Waals surface area contributed by atoms with Crippen molar-refractivity contribution in [2.45, 2.75) is 25.9 Å². The number of hydrogen-bond donors (Lipinski definition) is 3. The maximum atomic E-state index is 5.09. The molecule has 6 nitrogen and oxygen atoms in total. The van der Waals surface area contributed by atoms with Crippen molar-refractivity contribution in [2.24, 2.45) is 0 Å². The quantitative estimate of drug-likeness (QED) is 0.178. The fourth-order valence-corrected chi connectivity index (χ4v) is 5.53. The molecular formula is C36H32N6. The number of imidazole rings is 2. The Kier molecular flexibility index (Phi) is 6.64. The van der Waals surface area contributed by atoms with Gasteiger partial charge in [-0.3, -0.25) is 0 Å². The van der Waals surface area contributed by atoms with E-state index < -0.39 is 0 Å². The van der Waals surface area contributed by atoms with Crippen LogP contribution in [-0.2, 0) is 0 Å². The average molecular weight is 549 g/mol. The number of H-pyrrole nitrogens is 1. The summed E-state index contributed by atoms with van der Waals surface area (Å²) in [6.45, 7) is 4.34. The first-order chi connectivity index (χ1) is 20.6. The fraction of sp³-hybridized carbons (Fsp3) is 0.111. The Hall–Kier alpha value is -5.36. The summed E-state index contributed by atoms with van der Waals surface area (Å²) in [6, 6.07) is 44.0. The largest absolute Gasteiger partial charge is 0.378 e. The van der Waals surface area contributed by atoms with Gasteiger partial charge in [0.15, 0.2) is 5.82 Å². The van der Waals surface area contributed by atoms with Crippen molar-refractivity contribution in [3.05, 3.63) is 139 Å². The number of fused-ring (bicyclic) bond motifs is 2. The number of benzene rings is 5.